The Balaban J connectivity index is 2.44. The van der Waals surface area contributed by atoms with Gasteiger partial charge in [0, 0.05) is 10.0 Å². The first kappa shape index (κ1) is 13.5. The summed E-state index contributed by atoms with van der Waals surface area (Å²) in [6, 6.07) is 13.6. The Morgan fingerprint density at radius 2 is 1.79 bits per heavy atom. The van der Waals surface area contributed by atoms with E-state index in [0.717, 1.165) is 5.56 Å². The molecule has 0 unspecified atom stereocenters. The summed E-state index contributed by atoms with van der Waals surface area (Å²) >= 11 is 11.9. The number of allylic oxidation sites excluding steroid dienone is 1. The van der Waals surface area contributed by atoms with E-state index in [1.807, 2.05) is 0 Å². The predicted octanol–water partition coefficient (Wildman–Crippen LogP) is 4.76. The van der Waals surface area contributed by atoms with Gasteiger partial charge in [-0.3, -0.25) is 0 Å². The summed E-state index contributed by atoms with van der Waals surface area (Å²) in [7, 11) is 0. The van der Waals surface area contributed by atoms with Crippen LogP contribution in [0.25, 0.3) is 11.6 Å². The third kappa shape index (κ3) is 3.29. The van der Waals surface area contributed by atoms with Crippen LogP contribution in [-0.4, -0.2) is 5.11 Å². The van der Waals surface area contributed by atoms with Gasteiger partial charge in [0.15, 0.2) is 0 Å². The van der Waals surface area contributed by atoms with E-state index in [1.54, 1.807) is 36.4 Å². The average Bonchev–Trinajstić information content (AvgIpc) is 2.39. The molecule has 0 heterocycles. The van der Waals surface area contributed by atoms with Crippen LogP contribution in [0, 0.1) is 11.3 Å². The van der Waals surface area contributed by atoms with Gasteiger partial charge in [0.2, 0.25) is 0 Å². The summed E-state index contributed by atoms with van der Waals surface area (Å²) in [5.74, 6) is 0.158. The van der Waals surface area contributed by atoms with Crippen LogP contribution in [0.15, 0.2) is 42.5 Å². The number of hydrogen-bond acceptors (Lipinski definition) is 2. The van der Waals surface area contributed by atoms with Gasteiger partial charge < -0.3 is 5.11 Å². The Bertz CT molecular complexity index is 670. The maximum Gasteiger partial charge on any atom is 0.115 e. The Morgan fingerprint density at radius 3 is 2.37 bits per heavy atom. The molecule has 0 aromatic heterocycles. The minimum Gasteiger partial charge on any atom is -0.508 e. The second kappa shape index (κ2) is 5.79. The van der Waals surface area contributed by atoms with E-state index in [2.05, 4.69) is 6.07 Å². The molecule has 0 atom stereocenters. The topological polar surface area (TPSA) is 44.0 Å². The fraction of sp³-hybridized carbons (Fsp3) is 0. The Labute approximate surface area is 121 Å². The zero-order valence-corrected chi connectivity index (χ0v) is 11.3. The van der Waals surface area contributed by atoms with Gasteiger partial charge in [-0.05, 0) is 53.6 Å². The number of halogens is 2. The van der Waals surface area contributed by atoms with Crippen LogP contribution in [-0.2, 0) is 0 Å². The molecule has 0 radical (unpaired) electrons. The van der Waals surface area contributed by atoms with E-state index in [9.17, 15) is 10.4 Å². The Hall–Kier alpha value is -1.95. The van der Waals surface area contributed by atoms with E-state index < -0.39 is 0 Å². The van der Waals surface area contributed by atoms with Crippen molar-refractivity contribution < 1.29 is 5.11 Å². The van der Waals surface area contributed by atoms with Gasteiger partial charge in [-0.25, -0.2) is 0 Å². The van der Waals surface area contributed by atoms with Crippen molar-refractivity contribution in [1.82, 2.24) is 0 Å². The molecule has 0 saturated heterocycles. The monoisotopic (exact) mass is 289 g/mol. The fourth-order valence-corrected chi connectivity index (χ4v) is 2.06. The molecule has 4 heteroatoms. The van der Waals surface area contributed by atoms with Crippen LogP contribution in [0.4, 0.5) is 0 Å². The van der Waals surface area contributed by atoms with E-state index in [1.165, 1.54) is 12.1 Å². The second-order valence-corrected chi connectivity index (χ2v) is 4.73. The van der Waals surface area contributed by atoms with E-state index in [4.69, 9.17) is 23.2 Å². The van der Waals surface area contributed by atoms with Gasteiger partial charge >= 0.3 is 0 Å². The van der Waals surface area contributed by atoms with Crippen LogP contribution in [0.1, 0.15) is 11.1 Å². The molecular formula is C15H9Cl2NO. The van der Waals surface area contributed by atoms with Crippen molar-refractivity contribution in [3.05, 3.63) is 63.6 Å². The molecule has 94 valence electrons. The second-order valence-electron chi connectivity index (χ2n) is 3.88. The molecule has 0 fully saturated rings. The Kier molecular flexibility index (Phi) is 4.11. The minimum atomic E-state index is 0.158. The van der Waals surface area contributed by atoms with Crippen molar-refractivity contribution in [3.63, 3.8) is 0 Å². The lowest BCUT2D eigenvalue weighted by atomic mass is 10.0. The van der Waals surface area contributed by atoms with E-state index in [0.29, 0.717) is 21.2 Å². The van der Waals surface area contributed by atoms with E-state index in [-0.39, 0.29) is 5.75 Å². The molecule has 0 aliphatic heterocycles. The number of benzene rings is 2. The van der Waals surface area contributed by atoms with Crippen LogP contribution < -0.4 is 0 Å². The third-order valence-electron chi connectivity index (χ3n) is 2.56. The minimum absolute atomic E-state index is 0.158. The first-order valence-corrected chi connectivity index (χ1v) is 6.22. The third-order valence-corrected chi connectivity index (χ3v) is 3.12. The lowest BCUT2D eigenvalue weighted by molar-refractivity contribution is 0.475. The van der Waals surface area contributed by atoms with Gasteiger partial charge in [-0.1, -0.05) is 29.3 Å². The summed E-state index contributed by atoms with van der Waals surface area (Å²) in [6.45, 7) is 0. The highest BCUT2D eigenvalue weighted by Gasteiger charge is 2.04. The normalized spacial score (nSPS) is 11.1. The smallest absolute Gasteiger partial charge is 0.115 e. The lowest BCUT2D eigenvalue weighted by Gasteiger charge is -2.02. The number of nitriles is 1. The highest BCUT2D eigenvalue weighted by molar-refractivity contribution is 6.35. The standard InChI is InChI=1S/C15H9Cl2NO/c16-13-4-1-11(15(17)8-13)7-12(9-18)10-2-5-14(19)6-3-10/h1-8,19H/b12-7+. The molecular weight excluding hydrogens is 281 g/mol. The van der Waals surface area contributed by atoms with Gasteiger partial charge in [-0.2, -0.15) is 5.26 Å². The van der Waals surface area contributed by atoms with Crippen molar-refractivity contribution in [2.24, 2.45) is 0 Å². The number of phenols is 1. The lowest BCUT2D eigenvalue weighted by Crippen LogP contribution is -1.82. The molecule has 2 rings (SSSR count). The molecule has 0 spiro atoms. The number of rotatable bonds is 2. The molecule has 2 nitrogen and oxygen atoms in total. The van der Waals surface area contributed by atoms with Crippen molar-refractivity contribution in [3.8, 4) is 11.8 Å². The van der Waals surface area contributed by atoms with Gasteiger partial charge in [0.1, 0.15) is 5.75 Å². The molecule has 2 aromatic rings. The quantitative estimate of drug-likeness (QED) is 0.640. The number of aromatic hydroxyl groups is 1. The fourth-order valence-electron chi connectivity index (χ4n) is 1.60. The summed E-state index contributed by atoms with van der Waals surface area (Å²) in [5, 5.41) is 19.5. The summed E-state index contributed by atoms with van der Waals surface area (Å²) in [5.41, 5.74) is 1.89. The summed E-state index contributed by atoms with van der Waals surface area (Å²) < 4.78 is 0. The zero-order valence-electron chi connectivity index (χ0n) is 9.77. The first-order chi connectivity index (χ1) is 9.10. The van der Waals surface area contributed by atoms with Crippen LogP contribution >= 0.6 is 23.2 Å². The predicted molar refractivity (Wildman–Crippen MR) is 78.1 cm³/mol. The molecule has 0 aliphatic rings. The average molecular weight is 290 g/mol. The van der Waals surface area contributed by atoms with E-state index >= 15 is 0 Å². The number of phenolic OH excluding ortho intramolecular Hbond substituents is 1. The molecule has 1 N–H and O–H groups in total. The zero-order chi connectivity index (χ0) is 13.8. The first-order valence-electron chi connectivity index (χ1n) is 5.46. The molecule has 0 bridgehead atoms. The largest absolute Gasteiger partial charge is 0.508 e. The van der Waals surface area contributed by atoms with Crippen LogP contribution in [0.2, 0.25) is 10.0 Å². The number of hydrogen-bond donors (Lipinski definition) is 1. The highest BCUT2D eigenvalue weighted by Crippen LogP contribution is 2.26. The van der Waals surface area contributed by atoms with Crippen molar-refractivity contribution in [1.29, 1.82) is 5.26 Å². The van der Waals surface area contributed by atoms with Crippen LogP contribution in [0.5, 0.6) is 5.75 Å². The molecule has 0 saturated carbocycles. The molecule has 0 amide bonds. The highest BCUT2D eigenvalue weighted by atomic mass is 35.5. The van der Waals surface area contributed by atoms with Gasteiger partial charge in [0.25, 0.3) is 0 Å². The SMILES string of the molecule is N#C/C(=C\c1ccc(Cl)cc1Cl)c1ccc(O)cc1. The van der Waals surface area contributed by atoms with Crippen molar-refractivity contribution in [2.45, 2.75) is 0 Å². The van der Waals surface area contributed by atoms with Crippen LogP contribution in [0.3, 0.4) is 0 Å². The maximum atomic E-state index is 9.24. The molecule has 19 heavy (non-hydrogen) atoms. The molecule has 0 aliphatic carbocycles. The number of nitrogens with zero attached hydrogens (tertiary/aromatic N) is 1. The van der Waals surface area contributed by atoms with Gasteiger partial charge in [0.05, 0.1) is 11.6 Å². The molecule has 2 aromatic carbocycles. The maximum absolute atomic E-state index is 9.24. The van der Waals surface area contributed by atoms with Gasteiger partial charge in [-0.15, -0.1) is 0 Å². The van der Waals surface area contributed by atoms with Crippen molar-refractivity contribution in [2.75, 3.05) is 0 Å². The summed E-state index contributed by atoms with van der Waals surface area (Å²) in [6.07, 6.45) is 1.69. The Morgan fingerprint density at radius 1 is 1.11 bits per heavy atom. The van der Waals surface area contributed by atoms with Crippen molar-refractivity contribution >= 4 is 34.9 Å². The summed E-state index contributed by atoms with van der Waals surface area (Å²) in [4.78, 5) is 0.